The van der Waals surface area contributed by atoms with E-state index in [-0.39, 0.29) is 0 Å². The first-order valence-electron chi connectivity index (χ1n) is 5.46. The van der Waals surface area contributed by atoms with E-state index in [0.717, 1.165) is 24.4 Å². The fourth-order valence-corrected chi connectivity index (χ4v) is 1.19. The molecule has 0 heterocycles. The van der Waals surface area contributed by atoms with Crippen molar-refractivity contribution >= 4 is 18.4 Å². The predicted octanol–water partition coefficient (Wildman–Crippen LogP) is 1.13. The van der Waals surface area contributed by atoms with Gasteiger partial charge in [-0.15, -0.1) is 0 Å². The Labute approximate surface area is 96.1 Å². The van der Waals surface area contributed by atoms with Gasteiger partial charge in [-0.3, -0.25) is 5.41 Å². The molecule has 4 N–H and O–H groups in total. The number of rotatable bonds is 7. The summed E-state index contributed by atoms with van der Waals surface area (Å²) in [5, 5.41) is 20.3. The van der Waals surface area contributed by atoms with Crippen LogP contribution in [0.2, 0.25) is 0 Å². The predicted molar refractivity (Wildman–Crippen MR) is 67.5 cm³/mol. The second-order valence-corrected chi connectivity index (χ2v) is 3.91. The summed E-state index contributed by atoms with van der Waals surface area (Å²) in [5.41, 5.74) is 0.875. The van der Waals surface area contributed by atoms with Gasteiger partial charge in [-0.25, -0.2) is 4.99 Å². The van der Waals surface area contributed by atoms with Crippen molar-refractivity contribution in [3.63, 3.8) is 0 Å². The van der Waals surface area contributed by atoms with Gasteiger partial charge in [-0.2, -0.15) is 0 Å². The van der Waals surface area contributed by atoms with Gasteiger partial charge in [0.1, 0.15) is 12.2 Å². The normalized spacial score (nSPS) is 16.8. The Bertz CT molecular complexity index is 301. The molecule has 0 spiro atoms. The van der Waals surface area contributed by atoms with Gasteiger partial charge in [0.15, 0.2) is 0 Å². The molecule has 0 aliphatic heterocycles. The fourth-order valence-electron chi connectivity index (χ4n) is 1.19. The lowest BCUT2D eigenvalue weighted by Gasteiger charge is -2.06. The van der Waals surface area contributed by atoms with E-state index in [2.05, 4.69) is 15.6 Å². The monoisotopic (exact) mass is 221 g/mol. The van der Waals surface area contributed by atoms with Crippen LogP contribution in [0.3, 0.4) is 0 Å². The highest BCUT2D eigenvalue weighted by molar-refractivity contribution is 5.87. The average Bonchev–Trinajstić information content (AvgIpc) is 3.07. The molecule has 0 unspecified atom stereocenters. The molecule has 0 aromatic heterocycles. The highest BCUT2D eigenvalue weighted by Crippen LogP contribution is 2.27. The third kappa shape index (κ3) is 5.29. The van der Waals surface area contributed by atoms with E-state index in [1.54, 1.807) is 6.92 Å². The quantitative estimate of drug-likeness (QED) is 0.384. The molecule has 0 aromatic carbocycles. The maximum absolute atomic E-state index is 7.25. The van der Waals surface area contributed by atoms with Crippen molar-refractivity contribution in [1.82, 2.24) is 10.6 Å². The molecule has 1 aliphatic rings. The molecule has 5 heteroatoms. The molecule has 0 bridgehead atoms. The van der Waals surface area contributed by atoms with Gasteiger partial charge in [-0.05, 0) is 25.7 Å². The van der Waals surface area contributed by atoms with E-state index in [1.807, 2.05) is 6.20 Å². The first kappa shape index (κ1) is 12.4. The lowest BCUT2D eigenvalue weighted by molar-refractivity contribution is 0.743. The molecular formula is C11H19N5. The van der Waals surface area contributed by atoms with Crippen molar-refractivity contribution in [1.29, 1.82) is 10.8 Å². The van der Waals surface area contributed by atoms with Crippen LogP contribution in [0.25, 0.3) is 0 Å². The van der Waals surface area contributed by atoms with E-state index >= 15 is 0 Å². The standard InChI is InChI=1S/C11H19N5/c1-9(16-8-13)15-7-11(4-12)6-14-5-10-2-3-10/h4,6,8,10,12,14H,2-3,5,7H2,1H3,(H2,13,15,16)/b11-6+,12-4?. The van der Waals surface area contributed by atoms with Crippen LogP contribution in [-0.4, -0.2) is 31.5 Å². The molecular weight excluding hydrogens is 202 g/mol. The van der Waals surface area contributed by atoms with Crippen LogP contribution in [-0.2, 0) is 0 Å². The van der Waals surface area contributed by atoms with E-state index in [0.29, 0.717) is 12.4 Å². The van der Waals surface area contributed by atoms with Gasteiger partial charge in [0.05, 0.1) is 0 Å². The van der Waals surface area contributed by atoms with Gasteiger partial charge in [-0.1, -0.05) is 0 Å². The van der Waals surface area contributed by atoms with Crippen LogP contribution in [0, 0.1) is 16.7 Å². The van der Waals surface area contributed by atoms with Crippen molar-refractivity contribution in [2.75, 3.05) is 13.1 Å². The van der Waals surface area contributed by atoms with Crippen LogP contribution in [0.5, 0.6) is 0 Å². The molecule has 0 radical (unpaired) electrons. The summed E-state index contributed by atoms with van der Waals surface area (Å²) in [7, 11) is 0. The molecule has 16 heavy (non-hydrogen) atoms. The minimum absolute atomic E-state index is 0.560. The number of aliphatic imine (C=N–C) groups is 1. The van der Waals surface area contributed by atoms with Crippen molar-refractivity contribution in [2.45, 2.75) is 19.8 Å². The Morgan fingerprint density at radius 2 is 2.19 bits per heavy atom. The van der Waals surface area contributed by atoms with Crippen LogP contribution >= 0.6 is 0 Å². The van der Waals surface area contributed by atoms with Gasteiger partial charge < -0.3 is 16.0 Å². The van der Waals surface area contributed by atoms with Crippen molar-refractivity contribution in [2.24, 2.45) is 10.9 Å². The van der Waals surface area contributed by atoms with Crippen LogP contribution in [0.15, 0.2) is 16.8 Å². The molecule has 0 amide bonds. The summed E-state index contributed by atoms with van der Waals surface area (Å²) in [5.74, 6) is 1.52. The van der Waals surface area contributed by atoms with Crippen molar-refractivity contribution in [3.8, 4) is 0 Å². The number of nitrogens with zero attached hydrogens (tertiary/aromatic N) is 1. The van der Waals surface area contributed by atoms with Crippen molar-refractivity contribution < 1.29 is 0 Å². The smallest absolute Gasteiger partial charge is 0.109 e. The average molecular weight is 221 g/mol. The molecule has 1 aliphatic carbocycles. The topological polar surface area (TPSA) is 84.1 Å². The van der Waals surface area contributed by atoms with E-state index in [4.69, 9.17) is 10.8 Å². The molecule has 5 nitrogen and oxygen atoms in total. The Morgan fingerprint density at radius 3 is 2.75 bits per heavy atom. The minimum Gasteiger partial charge on any atom is -0.390 e. The van der Waals surface area contributed by atoms with Crippen LogP contribution in [0.4, 0.5) is 0 Å². The Hall–Kier alpha value is -1.65. The lowest BCUT2D eigenvalue weighted by atomic mass is 10.3. The third-order valence-electron chi connectivity index (χ3n) is 2.38. The van der Waals surface area contributed by atoms with Crippen LogP contribution < -0.4 is 10.6 Å². The zero-order chi connectivity index (χ0) is 11.8. The largest absolute Gasteiger partial charge is 0.390 e. The molecule has 1 fully saturated rings. The molecule has 1 saturated carbocycles. The summed E-state index contributed by atoms with van der Waals surface area (Å²) in [4.78, 5) is 3.77. The summed E-state index contributed by atoms with van der Waals surface area (Å²) >= 11 is 0. The number of amidine groups is 1. The SMILES string of the molecule is C/C(=N/C=N)NC/C(C=N)=C/NCC1CC1. The highest BCUT2D eigenvalue weighted by Gasteiger charge is 2.19. The highest BCUT2D eigenvalue weighted by atomic mass is 15.0. The Balaban J connectivity index is 2.26. The Kier molecular flexibility index (Phi) is 5.25. The Morgan fingerprint density at radius 1 is 1.44 bits per heavy atom. The summed E-state index contributed by atoms with van der Waals surface area (Å²) in [6, 6.07) is 0. The second-order valence-electron chi connectivity index (χ2n) is 3.91. The van der Waals surface area contributed by atoms with E-state index in [1.165, 1.54) is 19.1 Å². The van der Waals surface area contributed by atoms with Crippen LogP contribution in [0.1, 0.15) is 19.8 Å². The summed E-state index contributed by atoms with van der Waals surface area (Å²) in [6.07, 6.45) is 6.84. The third-order valence-corrected chi connectivity index (χ3v) is 2.38. The minimum atomic E-state index is 0.560. The lowest BCUT2D eigenvalue weighted by Crippen LogP contribution is -2.24. The van der Waals surface area contributed by atoms with Gasteiger partial charge in [0.25, 0.3) is 0 Å². The number of nitrogens with one attached hydrogen (secondary N) is 4. The van der Waals surface area contributed by atoms with Gasteiger partial charge in [0, 0.05) is 31.1 Å². The van der Waals surface area contributed by atoms with Gasteiger partial charge >= 0.3 is 0 Å². The zero-order valence-electron chi connectivity index (χ0n) is 9.59. The number of hydrogen-bond donors (Lipinski definition) is 4. The first-order chi connectivity index (χ1) is 7.76. The first-order valence-corrected chi connectivity index (χ1v) is 5.46. The molecule has 0 atom stereocenters. The van der Waals surface area contributed by atoms with Crippen molar-refractivity contribution in [3.05, 3.63) is 11.8 Å². The van der Waals surface area contributed by atoms with Gasteiger partial charge in [0.2, 0.25) is 0 Å². The number of hydrogen-bond acceptors (Lipinski definition) is 3. The summed E-state index contributed by atoms with van der Waals surface area (Å²) < 4.78 is 0. The molecule has 1 rings (SSSR count). The maximum Gasteiger partial charge on any atom is 0.109 e. The second kappa shape index (κ2) is 6.76. The summed E-state index contributed by atoms with van der Waals surface area (Å²) in [6.45, 7) is 3.36. The van der Waals surface area contributed by atoms with E-state index < -0.39 is 0 Å². The molecule has 0 aromatic rings. The fraction of sp³-hybridized carbons (Fsp3) is 0.545. The molecule has 0 saturated heterocycles. The zero-order valence-corrected chi connectivity index (χ0v) is 9.59. The maximum atomic E-state index is 7.25. The molecule has 88 valence electrons. The van der Waals surface area contributed by atoms with E-state index in [9.17, 15) is 0 Å².